The minimum Gasteiger partial charge on any atom is -0.294 e. The minimum absolute atomic E-state index is 0.0534. The maximum Gasteiger partial charge on any atom is 0.194 e. The molecule has 0 N–H and O–H groups in total. The zero-order valence-electron chi connectivity index (χ0n) is 8.41. The van der Waals surface area contributed by atoms with Crippen LogP contribution in [0.4, 0.5) is 13.2 Å². The Morgan fingerprint density at radius 3 is 2.41 bits per heavy atom. The van der Waals surface area contributed by atoms with E-state index in [4.69, 9.17) is 0 Å². The lowest BCUT2D eigenvalue weighted by molar-refractivity contribution is 0.0992. The number of Topliss-reactive ketones (excluding diaryl/α,β-unsaturated/α-hetero) is 1. The molecule has 0 amide bonds. The Morgan fingerprint density at radius 1 is 1.24 bits per heavy atom. The number of hydrogen-bond donors (Lipinski definition) is 0. The van der Waals surface area contributed by atoms with E-state index in [2.05, 4.69) is 4.98 Å². The molecule has 0 radical (unpaired) electrons. The van der Waals surface area contributed by atoms with Gasteiger partial charge in [-0.1, -0.05) is 0 Å². The summed E-state index contributed by atoms with van der Waals surface area (Å²) in [5.41, 5.74) is -0.198. The lowest BCUT2D eigenvalue weighted by Gasteiger charge is -2.01. The van der Waals surface area contributed by atoms with Crippen molar-refractivity contribution in [3.63, 3.8) is 0 Å². The van der Waals surface area contributed by atoms with Crippen LogP contribution in [-0.2, 0) is 6.42 Å². The molecule has 2 nitrogen and oxygen atoms in total. The second-order valence-corrected chi connectivity index (χ2v) is 4.26. The van der Waals surface area contributed by atoms with Crippen LogP contribution in [0, 0.1) is 17.5 Å². The number of halogens is 3. The smallest absolute Gasteiger partial charge is 0.194 e. The number of carbonyl (C=O) groups excluding carboxylic acids is 1. The van der Waals surface area contributed by atoms with E-state index in [-0.39, 0.29) is 12.0 Å². The zero-order valence-corrected chi connectivity index (χ0v) is 9.23. The molecule has 0 aliphatic carbocycles. The van der Waals surface area contributed by atoms with Crippen LogP contribution in [0.3, 0.4) is 0 Å². The van der Waals surface area contributed by atoms with Gasteiger partial charge in [0.1, 0.15) is 5.01 Å². The first-order valence-electron chi connectivity index (χ1n) is 4.64. The third kappa shape index (κ3) is 2.52. The summed E-state index contributed by atoms with van der Waals surface area (Å²) < 4.78 is 38.5. The van der Waals surface area contributed by atoms with Gasteiger partial charge in [0.2, 0.25) is 0 Å². The Labute approximate surface area is 98.7 Å². The van der Waals surface area contributed by atoms with Gasteiger partial charge in [0.15, 0.2) is 23.2 Å². The van der Waals surface area contributed by atoms with Crippen molar-refractivity contribution in [2.75, 3.05) is 0 Å². The van der Waals surface area contributed by atoms with Crippen LogP contribution in [-0.4, -0.2) is 10.8 Å². The maximum absolute atomic E-state index is 12.9. The maximum atomic E-state index is 12.9. The molecule has 0 bridgehead atoms. The van der Waals surface area contributed by atoms with Gasteiger partial charge < -0.3 is 0 Å². The highest BCUT2D eigenvalue weighted by atomic mass is 32.1. The van der Waals surface area contributed by atoms with Gasteiger partial charge >= 0.3 is 0 Å². The summed E-state index contributed by atoms with van der Waals surface area (Å²) in [5, 5.41) is 2.23. The molecule has 0 aliphatic heterocycles. The number of nitrogens with zero attached hydrogens (tertiary/aromatic N) is 1. The average molecular weight is 257 g/mol. The fourth-order valence-electron chi connectivity index (χ4n) is 1.30. The van der Waals surface area contributed by atoms with Gasteiger partial charge in [0.05, 0.1) is 6.42 Å². The quantitative estimate of drug-likeness (QED) is 0.625. The van der Waals surface area contributed by atoms with Crippen LogP contribution in [0.1, 0.15) is 15.4 Å². The van der Waals surface area contributed by atoms with E-state index in [0.717, 1.165) is 0 Å². The second-order valence-electron chi connectivity index (χ2n) is 3.28. The van der Waals surface area contributed by atoms with Crippen molar-refractivity contribution >= 4 is 17.1 Å². The van der Waals surface area contributed by atoms with Gasteiger partial charge in [-0.25, -0.2) is 18.2 Å². The monoisotopic (exact) mass is 257 g/mol. The first-order valence-corrected chi connectivity index (χ1v) is 5.52. The fraction of sp³-hybridized carbons (Fsp3) is 0.0909. The van der Waals surface area contributed by atoms with Gasteiger partial charge in [-0.2, -0.15) is 0 Å². The van der Waals surface area contributed by atoms with Crippen LogP contribution in [0.2, 0.25) is 0 Å². The normalized spacial score (nSPS) is 10.5. The Morgan fingerprint density at radius 2 is 1.88 bits per heavy atom. The van der Waals surface area contributed by atoms with Crippen molar-refractivity contribution in [1.29, 1.82) is 0 Å². The van der Waals surface area contributed by atoms with Crippen molar-refractivity contribution in [1.82, 2.24) is 4.98 Å². The predicted molar refractivity (Wildman–Crippen MR) is 56.5 cm³/mol. The molecule has 1 heterocycles. The van der Waals surface area contributed by atoms with E-state index in [1.54, 1.807) is 5.38 Å². The first-order chi connectivity index (χ1) is 8.08. The summed E-state index contributed by atoms with van der Waals surface area (Å²) in [4.78, 5) is 15.5. The molecular weight excluding hydrogens is 251 g/mol. The SMILES string of the molecule is O=C(Cc1nccs1)c1cc(F)c(F)c(F)c1. The van der Waals surface area contributed by atoms with Gasteiger partial charge in [0.25, 0.3) is 0 Å². The number of ketones is 1. The average Bonchev–Trinajstić information content (AvgIpc) is 2.77. The van der Waals surface area contributed by atoms with E-state index in [1.165, 1.54) is 17.5 Å². The first kappa shape index (κ1) is 11.8. The number of benzene rings is 1. The van der Waals surface area contributed by atoms with E-state index in [9.17, 15) is 18.0 Å². The Hall–Kier alpha value is -1.69. The molecule has 0 atom stereocenters. The number of hydrogen-bond acceptors (Lipinski definition) is 3. The lowest BCUT2D eigenvalue weighted by atomic mass is 10.1. The molecule has 0 unspecified atom stereocenters. The number of carbonyl (C=O) groups is 1. The summed E-state index contributed by atoms with van der Waals surface area (Å²) in [6.45, 7) is 0. The van der Waals surface area contributed by atoms with Gasteiger partial charge in [0, 0.05) is 17.1 Å². The molecule has 1 aromatic heterocycles. The van der Waals surface area contributed by atoms with E-state index >= 15 is 0 Å². The van der Waals surface area contributed by atoms with Gasteiger partial charge in [-0.3, -0.25) is 4.79 Å². The van der Waals surface area contributed by atoms with Gasteiger partial charge in [-0.15, -0.1) is 11.3 Å². The van der Waals surface area contributed by atoms with Gasteiger partial charge in [-0.05, 0) is 12.1 Å². The summed E-state index contributed by atoms with van der Waals surface area (Å²) >= 11 is 1.26. The molecule has 2 rings (SSSR count). The third-order valence-electron chi connectivity index (χ3n) is 2.10. The summed E-state index contributed by atoms with van der Waals surface area (Å²) in [7, 11) is 0. The van der Waals surface area contributed by atoms with E-state index in [1.807, 2.05) is 0 Å². The number of rotatable bonds is 3. The Kier molecular flexibility index (Phi) is 3.23. The molecule has 0 spiro atoms. The molecule has 17 heavy (non-hydrogen) atoms. The standard InChI is InChI=1S/C11H6F3NOS/c12-7-3-6(4-8(13)11(7)14)9(16)5-10-15-1-2-17-10/h1-4H,5H2. The molecule has 0 saturated heterocycles. The largest absolute Gasteiger partial charge is 0.294 e. The highest BCUT2D eigenvalue weighted by Crippen LogP contribution is 2.16. The van der Waals surface area contributed by atoms with Crippen molar-refractivity contribution in [2.45, 2.75) is 6.42 Å². The van der Waals surface area contributed by atoms with Crippen LogP contribution in [0.5, 0.6) is 0 Å². The number of aromatic nitrogens is 1. The molecule has 0 aliphatic rings. The summed E-state index contributed by atoms with van der Waals surface area (Å²) in [6, 6.07) is 1.38. The molecule has 1 aromatic carbocycles. The van der Waals surface area contributed by atoms with Crippen molar-refractivity contribution < 1.29 is 18.0 Å². The van der Waals surface area contributed by atoms with E-state index in [0.29, 0.717) is 17.1 Å². The highest BCUT2D eigenvalue weighted by molar-refractivity contribution is 7.09. The van der Waals surface area contributed by atoms with Crippen LogP contribution in [0.25, 0.3) is 0 Å². The predicted octanol–water partition coefficient (Wildman–Crippen LogP) is 2.99. The highest BCUT2D eigenvalue weighted by Gasteiger charge is 2.15. The van der Waals surface area contributed by atoms with Crippen LogP contribution >= 0.6 is 11.3 Å². The second kappa shape index (κ2) is 4.67. The molecular formula is C11H6F3NOS. The van der Waals surface area contributed by atoms with Crippen LogP contribution < -0.4 is 0 Å². The van der Waals surface area contributed by atoms with Crippen molar-refractivity contribution in [3.8, 4) is 0 Å². The van der Waals surface area contributed by atoms with Crippen molar-refractivity contribution in [3.05, 3.63) is 51.7 Å². The molecule has 0 fully saturated rings. The Balaban J connectivity index is 2.26. The molecule has 0 saturated carbocycles. The number of thiazole rings is 1. The zero-order chi connectivity index (χ0) is 12.4. The summed E-state index contributed by atoms with van der Waals surface area (Å²) in [5.74, 6) is -4.81. The molecule has 6 heteroatoms. The van der Waals surface area contributed by atoms with Crippen molar-refractivity contribution in [2.24, 2.45) is 0 Å². The topological polar surface area (TPSA) is 30.0 Å². The van der Waals surface area contributed by atoms with Crippen LogP contribution in [0.15, 0.2) is 23.7 Å². The third-order valence-corrected chi connectivity index (χ3v) is 2.88. The molecule has 2 aromatic rings. The Bertz CT molecular complexity index is 531. The minimum atomic E-state index is -1.57. The molecule has 88 valence electrons. The summed E-state index contributed by atoms with van der Waals surface area (Å²) in [6.07, 6.45) is 1.47. The lowest BCUT2D eigenvalue weighted by Crippen LogP contribution is -2.06. The van der Waals surface area contributed by atoms with E-state index < -0.39 is 23.2 Å². The fourth-order valence-corrected chi connectivity index (χ4v) is 1.91.